The SMILES string of the molecule is Cc1c(C#N)c2c3ccccc3n3c4cc([Si](C)(C)C)cc5cc[n+](C)c(c(c1C)c23)c54. The molecule has 3 aromatic heterocycles. The Balaban J connectivity index is 2.11. The van der Waals surface area contributed by atoms with Gasteiger partial charge in [-0.2, -0.15) is 5.26 Å². The van der Waals surface area contributed by atoms with Crippen LogP contribution in [0.2, 0.25) is 19.6 Å². The lowest BCUT2D eigenvalue weighted by molar-refractivity contribution is -0.643. The maximum atomic E-state index is 10.2. The molecular formula is C28H26N3Si+. The van der Waals surface area contributed by atoms with Crippen LogP contribution in [0.5, 0.6) is 0 Å². The average molecular weight is 433 g/mol. The average Bonchev–Trinajstić information content (AvgIpc) is 3.10. The summed E-state index contributed by atoms with van der Waals surface area (Å²) in [6.45, 7) is 11.5. The molecule has 0 aliphatic rings. The summed E-state index contributed by atoms with van der Waals surface area (Å²) < 4.78 is 4.70. The number of nitrogens with zero attached hydrogens (tertiary/aromatic N) is 3. The number of hydrogen-bond acceptors (Lipinski definition) is 1. The van der Waals surface area contributed by atoms with Crippen LogP contribution in [0.4, 0.5) is 0 Å². The van der Waals surface area contributed by atoms with E-state index in [0.29, 0.717) is 0 Å². The molecular weight excluding hydrogens is 406 g/mol. The summed E-state index contributed by atoms with van der Waals surface area (Å²) in [6, 6.07) is 18.2. The predicted octanol–water partition coefficient (Wildman–Crippen LogP) is 5.85. The number of para-hydroxylation sites is 1. The van der Waals surface area contributed by atoms with Crippen molar-refractivity contribution in [3.05, 3.63) is 65.4 Å². The molecule has 3 heterocycles. The number of hydrogen-bond donors (Lipinski definition) is 0. The second kappa shape index (κ2) is 6.09. The Morgan fingerprint density at radius 1 is 0.906 bits per heavy atom. The molecule has 0 unspecified atom stereocenters. The van der Waals surface area contributed by atoms with E-state index in [1.54, 1.807) is 0 Å². The molecule has 0 aliphatic carbocycles. The lowest BCUT2D eigenvalue weighted by atomic mass is 9.92. The molecule has 0 atom stereocenters. The van der Waals surface area contributed by atoms with E-state index in [-0.39, 0.29) is 0 Å². The van der Waals surface area contributed by atoms with Crippen LogP contribution in [-0.4, -0.2) is 12.5 Å². The minimum atomic E-state index is -1.54. The number of benzene rings is 3. The summed E-state index contributed by atoms with van der Waals surface area (Å²) in [7, 11) is 0.604. The molecule has 0 saturated heterocycles. The first-order valence-corrected chi connectivity index (χ1v) is 14.7. The summed E-state index contributed by atoms with van der Waals surface area (Å²) in [5.74, 6) is 0. The van der Waals surface area contributed by atoms with Crippen molar-refractivity contribution in [2.45, 2.75) is 33.5 Å². The van der Waals surface area contributed by atoms with E-state index >= 15 is 0 Å². The molecule has 6 rings (SSSR count). The van der Waals surface area contributed by atoms with Crippen molar-refractivity contribution >= 4 is 62.3 Å². The van der Waals surface area contributed by atoms with Crippen LogP contribution in [0.25, 0.3) is 49.0 Å². The largest absolute Gasteiger partial charge is 0.307 e. The zero-order chi connectivity index (χ0) is 22.5. The van der Waals surface area contributed by atoms with Gasteiger partial charge in [-0.15, -0.1) is 0 Å². The lowest BCUT2D eigenvalue weighted by Gasteiger charge is -2.20. The Labute approximate surface area is 188 Å². The topological polar surface area (TPSA) is 32.1 Å². The maximum Gasteiger partial charge on any atom is 0.224 e. The highest BCUT2D eigenvalue weighted by Crippen LogP contribution is 2.43. The lowest BCUT2D eigenvalue weighted by Crippen LogP contribution is -2.38. The van der Waals surface area contributed by atoms with Crippen molar-refractivity contribution in [3.8, 4) is 6.07 Å². The normalized spacial score (nSPS) is 12.7. The molecule has 3 nitrogen and oxygen atoms in total. The van der Waals surface area contributed by atoms with E-state index < -0.39 is 8.07 Å². The number of aryl methyl sites for hydroxylation is 2. The Kier molecular flexibility index (Phi) is 3.67. The number of pyridine rings is 2. The smallest absolute Gasteiger partial charge is 0.224 e. The van der Waals surface area contributed by atoms with E-state index in [1.165, 1.54) is 49.0 Å². The summed E-state index contributed by atoms with van der Waals surface area (Å²) >= 11 is 0. The monoisotopic (exact) mass is 432 g/mol. The Hall–Kier alpha value is -3.42. The third kappa shape index (κ3) is 2.22. The van der Waals surface area contributed by atoms with Crippen molar-refractivity contribution in [1.82, 2.24) is 4.40 Å². The molecule has 32 heavy (non-hydrogen) atoms. The van der Waals surface area contributed by atoms with Crippen molar-refractivity contribution < 1.29 is 4.57 Å². The van der Waals surface area contributed by atoms with Gasteiger partial charge < -0.3 is 4.40 Å². The second-order valence-corrected chi connectivity index (χ2v) is 15.3. The van der Waals surface area contributed by atoms with Crippen molar-refractivity contribution in [2.75, 3.05) is 0 Å². The molecule has 0 amide bonds. The number of fused-ring (bicyclic) bond motifs is 5. The van der Waals surface area contributed by atoms with Crippen molar-refractivity contribution in [1.29, 1.82) is 5.26 Å². The highest BCUT2D eigenvalue weighted by atomic mass is 28.3. The van der Waals surface area contributed by atoms with Gasteiger partial charge in [-0.1, -0.05) is 49.1 Å². The van der Waals surface area contributed by atoms with E-state index in [4.69, 9.17) is 0 Å². The zero-order valence-electron chi connectivity index (χ0n) is 19.5. The van der Waals surface area contributed by atoms with Crippen LogP contribution >= 0.6 is 0 Å². The van der Waals surface area contributed by atoms with Gasteiger partial charge in [0.2, 0.25) is 5.52 Å². The van der Waals surface area contributed by atoms with Crippen LogP contribution in [0.3, 0.4) is 0 Å². The summed E-state index contributed by atoms with van der Waals surface area (Å²) in [4.78, 5) is 0. The summed E-state index contributed by atoms with van der Waals surface area (Å²) in [6.07, 6.45) is 2.19. The molecule has 0 saturated carbocycles. The van der Waals surface area contributed by atoms with Gasteiger partial charge in [0.1, 0.15) is 13.1 Å². The molecule has 0 fully saturated rings. The van der Waals surface area contributed by atoms with Gasteiger partial charge in [0.05, 0.1) is 41.0 Å². The molecule has 4 heteroatoms. The second-order valence-electron chi connectivity index (χ2n) is 10.2. The summed E-state index contributed by atoms with van der Waals surface area (Å²) in [5, 5.41) is 17.7. The number of nitriles is 1. The standard InChI is InChI=1S/C28H26N3Si/c1-16-17(2)24-27-25-18(11-12-30(27)3)13-19(32(4,5)6)14-23(25)31-22-10-8-7-9-20(22)26(28(24)31)21(16)15-29/h7-14H,1-6H3/q+1. The van der Waals surface area contributed by atoms with E-state index in [1.807, 2.05) is 0 Å². The van der Waals surface area contributed by atoms with Crippen LogP contribution in [0.1, 0.15) is 16.7 Å². The van der Waals surface area contributed by atoms with Gasteiger partial charge in [-0.3, -0.25) is 0 Å². The van der Waals surface area contributed by atoms with Gasteiger partial charge in [0.25, 0.3) is 0 Å². The molecule has 6 aromatic rings. The number of rotatable bonds is 1. The van der Waals surface area contributed by atoms with Crippen LogP contribution in [0, 0.1) is 25.2 Å². The van der Waals surface area contributed by atoms with E-state index in [0.717, 1.165) is 21.9 Å². The number of aromatic nitrogens is 2. The quantitative estimate of drug-likeness (QED) is 0.139. The molecule has 0 N–H and O–H groups in total. The Morgan fingerprint density at radius 3 is 2.38 bits per heavy atom. The highest BCUT2D eigenvalue weighted by Gasteiger charge is 2.28. The minimum absolute atomic E-state index is 0.802. The fourth-order valence-electron chi connectivity index (χ4n) is 5.54. The Bertz CT molecular complexity index is 1790. The molecule has 3 aromatic carbocycles. The van der Waals surface area contributed by atoms with Crippen LogP contribution in [-0.2, 0) is 7.05 Å². The molecule has 0 radical (unpaired) electrons. The zero-order valence-corrected chi connectivity index (χ0v) is 20.5. The van der Waals surface area contributed by atoms with Crippen molar-refractivity contribution in [3.63, 3.8) is 0 Å². The van der Waals surface area contributed by atoms with E-state index in [9.17, 15) is 5.26 Å². The predicted molar refractivity (Wildman–Crippen MR) is 137 cm³/mol. The molecule has 0 spiro atoms. The Morgan fingerprint density at radius 2 is 1.66 bits per heavy atom. The van der Waals surface area contributed by atoms with Gasteiger partial charge in [-0.25, -0.2) is 4.57 Å². The third-order valence-corrected chi connectivity index (χ3v) is 9.37. The van der Waals surface area contributed by atoms with Crippen LogP contribution < -0.4 is 9.75 Å². The van der Waals surface area contributed by atoms with Gasteiger partial charge in [0, 0.05) is 16.8 Å². The fraction of sp³-hybridized carbons (Fsp3) is 0.214. The summed E-state index contributed by atoms with van der Waals surface area (Å²) in [5.41, 5.74) is 7.93. The molecule has 0 aliphatic heterocycles. The van der Waals surface area contributed by atoms with Gasteiger partial charge >= 0.3 is 0 Å². The molecule has 0 bridgehead atoms. The van der Waals surface area contributed by atoms with Crippen LogP contribution in [0.15, 0.2) is 48.7 Å². The van der Waals surface area contributed by atoms with Crippen molar-refractivity contribution in [2.24, 2.45) is 7.05 Å². The van der Waals surface area contributed by atoms with Gasteiger partial charge in [0.15, 0.2) is 6.20 Å². The fourth-order valence-corrected chi connectivity index (χ4v) is 6.70. The highest BCUT2D eigenvalue weighted by molar-refractivity contribution is 6.89. The minimum Gasteiger partial charge on any atom is -0.307 e. The van der Waals surface area contributed by atoms with Gasteiger partial charge in [-0.05, 0) is 42.5 Å². The maximum absolute atomic E-state index is 10.2. The first kappa shape index (κ1) is 19.3. The van der Waals surface area contributed by atoms with E-state index in [2.05, 4.69) is 104 Å². The third-order valence-electron chi connectivity index (χ3n) is 7.34. The first-order valence-electron chi connectivity index (χ1n) is 11.2. The first-order chi connectivity index (χ1) is 15.2. The molecule has 156 valence electrons.